The van der Waals surface area contributed by atoms with Gasteiger partial charge in [-0.3, -0.25) is 10.1 Å². The molecule has 2 N–H and O–H groups in total. The molecule has 0 bridgehead atoms. The minimum atomic E-state index is -0.112. The predicted molar refractivity (Wildman–Crippen MR) is 84.8 cm³/mol. The summed E-state index contributed by atoms with van der Waals surface area (Å²) in [6, 6.07) is 5.78. The summed E-state index contributed by atoms with van der Waals surface area (Å²) < 4.78 is 0. The van der Waals surface area contributed by atoms with Gasteiger partial charge in [0, 0.05) is 23.2 Å². The van der Waals surface area contributed by atoms with Crippen LogP contribution in [0.15, 0.2) is 23.6 Å². The predicted octanol–water partition coefficient (Wildman–Crippen LogP) is 3.83. The molecule has 0 aliphatic carbocycles. The first-order chi connectivity index (χ1) is 9.60. The molecule has 106 valence electrons. The summed E-state index contributed by atoms with van der Waals surface area (Å²) in [6.07, 6.45) is 1.07. The van der Waals surface area contributed by atoms with Crippen molar-refractivity contribution in [2.45, 2.75) is 27.2 Å². The van der Waals surface area contributed by atoms with Crippen LogP contribution in [0.1, 0.15) is 35.0 Å². The lowest BCUT2D eigenvalue weighted by molar-refractivity contribution is 0.102. The Labute approximate surface area is 123 Å². The average molecular weight is 289 g/mol. The van der Waals surface area contributed by atoms with Crippen LogP contribution in [0, 0.1) is 13.8 Å². The molecule has 0 atom stereocenters. The Balaban J connectivity index is 2.09. The first-order valence-corrected chi connectivity index (χ1v) is 7.56. The zero-order valence-corrected chi connectivity index (χ0v) is 12.8. The molecule has 1 aromatic heterocycles. The number of thiazole rings is 1. The molecule has 5 heteroatoms. The molecule has 0 radical (unpaired) electrons. The molecule has 0 unspecified atom stereocenters. The maximum absolute atomic E-state index is 12.2. The molecule has 0 fully saturated rings. The van der Waals surface area contributed by atoms with Crippen molar-refractivity contribution >= 4 is 28.1 Å². The standard InChI is InChI=1S/C15H19N3OS/c1-4-7-16-12-5-6-13(10(2)8-12)14(19)18-15-17-11(3)9-20-15/h5-6,8-9,16H,4,7H2,1-3H3,(H,17,18,19). The molecule has 1 heterocycles. The van der Waals surface area contributed by atoms with E-state index in [-0.39, 0.29) is 5.91 Å². The van der Waals surface area contributed by atoms with Gasteiger partial charge in [-0.25, -0.2) is 4.98 Å². The molecule has 0 spiro atoms. The summed E-state index contributed by atoms with van der Waals surface area (Å²) in [4.78, 5) is 16.4. The number of anilines is 2. The van der Waals surface area contributed by atoms with E-state index in [1.165, 1.54) is 11.3 Å². The third-order valence-electron chi connectivity index (χ3n) is 2.89. The van der Waals surface area contributed by atoms with Gasteiger partial charge >= 0.3 is 0 Å². The summed E-state index contributed by atoms with van der Waals surface area (Å²) in [5, 5.41) is 8.70. The van der Waals surface area contributed by atoms with Gasteiger partial charge in [0.15, 0.2) is 5.13 Å². The van der Waals surface area contributed by atoms with Crippen LogP contribution in [0.3, 0.4) is 0 Å². The molecule has 0 aliphatic heterocycles. The first-order valence-electron chi connectivity index (χ1n) is 6.68. The van der Waals surface area contributed by atoms with E-state index >= 15 is 0 Å². The number of benzene rings is 1. The van der Waals surface area contributed by atoms with E-state index in [0.717, 1.165) is 29.9 Å². The molecule has 2 rings (SSSR count). The number of aryl methyl sites for hydroxylation is 2. The second-order valence-corrected chi connectivity index (χ2v) is 5.56. The van der Waals surface area contributed by atoms with E-state index in [2.05, 4.69) is 22.5 Å². The van der Waals surface area contributed by atoms with Crippen molar-refractivity contribution in [1.82, 2.24) is 4.98 Å². The zero-order valence-electron chi connectivity index (χ0n) is 12.0. The number of hydrogen-bond acceptors (Lipinski definition) is 4. The van der Waals surface area contributed by atoms with E-state index in [0.29, 0.717) is 10.7 Å². The highest BCUT2D eigenvalue weighted by molar-refractivity contribution is 7.13. The molecule has 1 amide bonds. The van der Waals surface area contributed by atoms with Crippen LogP contribution in [0.2, 0.25) is 0 Å². The van der Waals surface area contributed by atoms with Crippen molar-refractivity contribution in [2.24, 2.45) is 0 Å². The Hall–Kier alpha value is -1.88. The third kappa shape index (κ3) is 3.57. The fourth-order valence-electron chi connectivity index (χ4n) is 1.87. The number of carbonyl (C=O) groups is 1. The van der Waals surface area contributed by atoms with Crippen LogP contribution in [0.4, 0.5) is 10.8 Å². The highest BCUT2D eigenvalue weighted by Crippen LogP contribution is 2.19. The maximum atomic E-state index is 12.2. The molecule has 0 saturated heterocycles. The number of hydrogen-bond donors (Lipinski definition) is 2. The van der Waals surface area contributed by atoms with Crippen molar-refractivity contribution in [3.8, 4) is 0 Å². The number of rotatable bonds is 5. The minimum absolute atomic E-state index is 0.112. The Morgan fingerprint density at radius 2 is 2.15 bits per heavy atom. The van der Waals surface area contributed by atoms with Gasteiger partial charge in [0.2, 0.25) is 0 Å². The van der Waals surface area contributed by atoms with Crippen molar-refractivity contribution in [3.63, 3.8) is 0 Å². The van der Waals surface area contributed by atoms with Crippen LogP contribution >= 0.6 is 11.3 Å². The lowest BCUT2D eigenvalue weighted by Crippen LogP contribution is -2.13. The minimum Gasteiger partial charge on any atom is -0.385 e. The Morgan fingerprint density at radius 1 is 1.35 bits per heavy atom. The lowest BCUT2D eigenvalue weighted by Gasteiger charge is -2.09. The van der Waals surface area contributed by atoms with Gasteiger partial charge < -0.3 is 5.32 Å². The zero-order chi connectivity index (χ0) is 14.5. The van der Waals surface area contributed by atoms with Crippen LogP contribution in [0.25, 0.3) is 0 Å². The molecule has 0 saturated carbocycles. The summed E-state index contributed by atoms with van der Waals surface area (Å²) in [5.41, 5.74) is 3.60. The van der Waals surface area contributed by atoms with Gasteiger partial charge in [-0.2, -0.15) is 0 Å². The first kappa shape index (κ1) is 14.5. The van der Waals surface area contributed by atoms with Gasteiger partial charge in [0.25, 0.3) is 5.91 Å². The third-order valence-corrected chi connectivity index (χ3v) is 3.77. The number of aromatic nitrogens is 1. The van der Waals surface area contributed by atoms with Crippen molar-refractivity contribution in [1.29, 1.82) is 0 Å². The van der Waals surface area contributed by atoms with Crippen LogP contribution in [-0.4, -0.2) is 17.4 Å². The fourth-order valence-corrected chi connectivity index (χ4v) is 2.56. The second-order valence-electron chi connectivity index (χ2n) is 4.70. The quantitative estimate of drug-likeness (QED) is 0.879. The molecule has 4 nitrogen and oxygen atoms in total. The molecular formula is C15H19N3OS. The summed E-state index contributed by atoms with van der Waals surface area (Å²) in [5.74, 6) is -0.112. The Morgan fingerprint density at radius 3 is 2.75 bits per heavy atom. The van der Waals surface area contributed by atoms with Crippen molar-refractivity contribution in [2.75, 3.05) is 17.2 Å². The molecule has 2 aromatic rings. The smallest absolute Gasteiger partial charge is 0.257 e. The number of nitrogens with zero attached hydrogens (tertiary/aromatic N) is 1. The average Bonchev–Trinajstić information content (AvgIpc) is 2.81. The van der Waals surface area contributed by atoms with Gasteiger partial charge in [0.1, 0.15) is 0 Å². The summed E-state index contributed by atoms with van der Waals surface area (Å²) >= 11 is 1.44. The van der Waals surface area contributed by atoms with Gasteiger partial charge in [-0.05, 0) is 44.0 Å². The topological polar surface area (TPSA) is 54.0 Å². The molecular weight excluding hydrogens is 270 g/mol. The van der Waals surface area contributed by atoms with Gasteiger partial charge in [0.05, 0.1) is 5.69 Å². The normalized spacial score (nSPS) is 10.3. The maximum Gasteiger partial charge on any atom is 0.257 e. The van der Waals surface area contributed by atoms with Crippen LogP contribution in [-0.2, 0) is 0 Å². The summed E-state index contributed by atoms with van der Waals surface area (Å²) in [7, 11) is 0. The van der Waals surface area contributed by atoms with Crippen molar-refractivity contribution < 1.29 is 4.79 Å². The number of nitrogens with one attached hydrogen (secondary N) is 2. The van der Waals surface area contributed by atoms with E-state index in [1.807, 2.05) is 37.4 Å². The highest BCUT2D eigenvalue weighted by atomic mass is 32.1. The van der Waals surface area contributed by atoms with Crippen molar-refractivity contribution in [3.05, 3.63) is 40.4 Å². The van der Waals surface area contributed by atoms with E-state index in [9.17, 15) is 4.79 Å². The van der Waals surface area contributed by atoms with E-state index in [1.54, 1.807) is 0 Å². The second kappa shape index (κ2) is 6.52. The fraction of sp³-hybridized carbons (Fsp3) is 0.333. The number of carbonyl (C=O) groups excluding carboxylic acids is 1. The van der Waals surface area contributed by atoms with Crippen LogP contribution in [0.5, 0.6) is 0 Å². The summed E-state index contributed by atoms with van der Waals surface area (Å²) in [6.45, 7) is 6.91. The van der Waals surface area contributed by atoms with Gasteiger partial charge in [-0.15, -0.1) is 11.3 Å². The lowest BCUT2D eigenvalue weighted by atomic mass is 10.1. The SMILES string of the molecule is CCCNc1ccc(C(=O)Nc2nc(C)cs2)c(C)c1. The molecule has 0 aliphatic rings. The number of amides is 1. The largest absolute Gasteiger partial charge is 0.385 e. The van der Waals surface area contributed by atoms with E-state index < -0.39 is 0 Å². The molecule has 1 aromatic carbocycles. The Kier molecular flexibility index (Phi) is 4.74. The van der Waals surface area contributed by atoms with Crippen LogP contribution < -0.4 is 10.6 Å². The Bertz CT molecular complexity index is 607. The highest BCUT2D eigenvalue weighted by Gasteiger charge is 2.11. The molecule has 20 heavy (non-hydrogen) atoms. The van der Waals surface area contributed by atoms with Gasteiger partial charge in [-0.1, -0.05) is 6.92 Å². The monoisotopic (exact) mass is 289 g/mol. The van der Waals surface area contributed by atoms with E-state index in [4.69, 9.17) is 0 Å².